The number of benzene rings is 1. The van der Waals surface area contributed by atoms with Crippen molar-refractivity contribution in [2.45, 2.75) is 6.54 Å². The van der Waals surface area contributed by atoms with Gasteiger partial charge in [-0.1, -0.05) is 6.07 Å². The van der Waals surface area contributed by atoms with Crippen LogP contribution in [-0.4, -0.2) is 27.7 Å². The summed E-state index contributed by atoms with van der Waals surface area (Å²) < 4.78 is 5.28. The molecule has 1 aromatic heterocycles. The number of nitrogen functional groups attached to an aromatic ring is 1. The lowest BCUT2D eigenvalue weighted by molar-refractivity contribution is -0.123. The van der Waals surface area contributed by atoms with E-state index in [4.69, 9.17) is 10.5 Å². The predicted octanol–water partition coefficient (Wildman–Crippen LogP) is 0.0821. The second-order valence-corrected chi connectivity index (χ2v) is 3.57. The first-order chi connectivity index (χ1) is 8.74. The van der Waals surface area contributed by atoms with Crippen LogP contribution in [-0.2, 0) is 11.3 Å². The molecular formula is C11H13N5O2. The van der Waals surface area contributed by atoms with E-state index in [1.807, 2.05) is 0 Å². The van der Waals surface area contributed by atoms with Gasteiger partial charge < -0.3 is 15.8 Å². The van der Waals surface area contributed by atoms with Crippen LogP contribution in [0.15, 0.2) is 30.6 Å². The summed E-state index contributed by atoms with van der Waals surface area (Å²) in [6, 6.07) is 6.90. The molecule has 2 rings (SSSR count). The number of nitrogens with two attached hydrogens (primary N) is 1. The third kappa shape index (κ3) is 3.48. The summed E-state index contributed by atoms with van der Waals surface area (Å²) in [6.07, 6.45) is 1.38. The normalized spacial score (nSPS) is 10.0. The average molecular weight is 247 g/mol. The van der Waals surface area contributed by atoms with Gasteiger partial charge in [0.05, 0.1) is 6.54 Å². The number of H-pyrrole nitrogens is 1. The van der Waals surface area contributed by atoms with Gasteiger partial charge in [0.15, 0.2) is 6.61 Å². The van der Waals surface area contributed by atoms with Crippen molar-refractivity contribution in [3.8, 4) is 5.75 Å². The molecule has 0 saturated heterocycles. The van der Waals surface area contributed by atoms with Gasteiger partial charge in [0, 0.05) is 11.8 Å². The number of aromatic nitrogens is 3. The Hall–Kier alpha value is -2.57. The smallest absolute Gasteiger partial charge is 0.258 e. The van der Waals surface area contributed by atoms with E-state index in [2.05, 4.69) is 20.5 Å². The molecule has 1 aromatic carbocycles. The van der Waals surface area contributed by atoms with Gasteiger partial charge in [-0.3, -0.25) is 9.89 Å². The molecule has 0 saturated carbocycles. The minimum Gasteiger partial charge on any atom is -0.484 e. The molecule has 2 aromatic rings. The number of anilines is 1. The van der Waals surface area contributed by atoms with Crippen LogP contribution in [0, 0.1) is 0 Å². The third-order valence-corrected chi connectivity index (χ3v) is 2.15. The number of rotatable bonds is 5. The number of amides is 1. The largest absolute Gasteiger partial charge is 0.484 e. The number of ether oxygens (including phenoxy) is 1. The molecule has 0 spiro atoms. The highest BCUT2D eigenvalue weighted by molar-refractivity contribution is 5.77. The fourth-order valence-corrected chi connectivity index (χ4v) is 1.30. The zero-order valence-corrected chi connectivity index (χ0v) is 9.59. The van der Waals surface area contributed by atoms with E-state index in [1.165, 1.54) is 6.33 Å². The maximum Gasteiger partial charge on any atom is 0.258 e. The predicted molar refractivity (Wildman–Crippen MR) is 64.6 cm³/mol. The molecule has 0 bridgehead atoms. The van der Waals surface area contributed by atoms with Crippen LogP contribution in [0.2, 0.25) is 0 Å². The molecule has 7 heteroatoms. The Labute approximate surface area is 103 Å². The third-order valence-electron chi connectivity index (χ3n) is 2.15. The van der Waals surface area contributed by atoms with E-state index in [0.717, 1.165) is 0 Å². The van der Waals surface area contributed by atoms with Gasteiger partial charge in [-0.25, -0.2) is 4.98 Å². The minimum atomic E-state index is -0.242. The van der Waals surface area contributed by atoms with Crippen molar-refractivity contribution < 1.29 is 9.53 Å². The number of carbonyl (C=O) groups is 1. The highest BCUT2D eigenvalue weighted by atomic mass is 16.5. The lowest BCUT2D eigenvalue weighted by atomic mass is 10.3. The number of aromatic amines is 1. The van der Waals surface area contributed by atoms with Crippen molar-refractivity contribution in [3.05, 3.63) is 36.4 Å². The Balaban J connectivity index is 1.75. The summed E-state index contributed by atoms with van der Waals surface area (Å²) in [4.78, 5) is 15.3. The van der Waals surface area contributed by atoms with Gasteiger partial charge in [-0.15, -0.1) is 0 Å². The van der Waals surface area contributed by atoms with Gasteiger partial charge in [0.2, 0.25) is 0 Å². The molecule has 4 N–H and O–H groups in total. The van der Waals surface area contributed by atoms with Crippen LogP contribution < -0.4 is 15.8 Å². The molecular weight excluding hydrogens is 234 g/mol. The van der Waals surface area contributed by atoms with Gasteiger partial charge in [-0.05, 0) is 12.1 Å². The SMILES string of the molecule is Nc1cccc(OCC(=O)NCc2ncn[nH]2)c1. The molecule has 0 aliphatic rings. The Morgan fingerprint density at radius 2 is 2.39 bits per heavy atom. The van der Waals surface area contributed by atoms with E-state index in [9.17, 15) is 4.79 Å². The summed E-state index contributed by atoms with van der Waals surface area (Å²) in [5.41, 5.74) is 6.18. The van der Waals surface area contributed by atoms with Crippen molar-refractivity contribution in [3.63, 3.8) is 0 Å². The minimum absolute atomic E-state index is 0.0718. The summed E-state index contributed by atoms with van der Waals surface area (Å²) in [5.74, 6) is 0.908. The van der Waals surface area contributed by atoms with Crippen molar-refractivity contribution >= 4 is 11.6 Å². The summed E-state index contributed by atoms with van der Waals surface area (Å²) in [7, 11) is 0. The zero-order valence-electron chi connectivity index (χ0n) is 9.59. The first-order valence-corrected chi connectivity index (χ1v) is 5.33. The van der Waals surface area contributed by atoms with E-state index in [0.29, 0.717) is 23.8 Å². The van der Waals surface area contributed by atoms with Gasteiger partial charge in [-0.2, -0.15) is 5.10 Å². The molecule has 1 heterocycles. The maximum atomic E-state index is 11.5. The molecule has 0 aliphatic heterocycles. The Kier molecular flexibility index (Phi) is 3.75. The van der Waals surface area contributed by atoms with E-state index < -0.39 is 0 Å². The van der Waals surface area contributed by atoms with Crippen molar-refractivity contribution in [2.75, 3.05) is 12.3 Å². The van der Waals surface area contributed by atoms with Crippen LogP contribution in [0.1, 0.15) is 5.82 Å². The van der Waals surface area contributed by atoms with Gasteiger partial charge >= 0.3 is 0 Å². The van der Waals surface area contributed by atoms with Crippen LogP contribution >= 0.6 is 0 Å². The molecule has 18 heavy (non-hydrogen) atoms. The summed E-state index contributed by atoms with van der Waals surface area (Å²) in [6.45, 7) is 0.219. The molecule has 0 radical (unpaired) electrons. The Morgan fingerprint density at radius 1 is 1.50 bits per heavy atom. The van der Waals surface area contributed by atoms with Crippen molar-refractivity contribution in [1.82, 2.24) is 20.5 Å². The summed E-state index contributed by atoms with van der Waals surface area (Å²) >= 11 is 0. The molecule has 94 valence electrons. The first kappa shape index (κ1) is 11.9. The Morgan fingerprint density at radius 3 is 3.11 bits per heavy atom. The van der Waals surface area contributed by atoms with Gasteiger partial charge in [0.25, 0.3) is 5.91 Å². The number of hydrogen-bond acceptors (Lipinski definition) is 5. The zero-order chi connectivity index (χ0) is 12.8. The number of carbonyl (C=O) groups excluding carboxylic acids is 1. The fraction of sp³-hybridized carbons (Fsp3) is 0.182. The number of nitrogens with zero attached hydrogens (tertiary/aromatic N) is 2. The second-order valence-electron chi connectivity index (χ2n) is 3.57. The highest BCUT2D eigenvalue weighted by Gasteiger charge is 2.04. The lowest BCUT2D eigenvalue weighted by Crippen LogP contribution is -2.28. The van der Waals surface area contributed by atoms with Crippen LogP contribution in [0.25, 0.3) is 0 Å². The van der Waals surface area contributed by atoms with Crippen molar-refractivity contribution in [1.29, 1.82) is 0 Å². The van der Waals surface area contributed by atoms with E-state index >= 15 is 0 Å². The van der Waals surface area contributed by atoms with Crippen molar-refractivity contribution in [2.24, 2.45) is 0 Å². The van der Waals surface area contributed by atoms with Crippen LogP contribution in [0.5, 0.6) is 5.75 Å². The molecule has 0 fully saturated rings. The summed E-state index contributed by atoms with van der Waals surface area (Å²) in [5, 5.41) is 8.95. The van der Waals surface area contributed by atoms with Crippen LogP contribution in [0.4, 0.5) is 5.69 Å². The Bertz CT molecular complexity index is 512. The highest BCUT2D eigenvalue weighted by Crippen LogP contribution is 2.13. The topological polar surface area (TPSA) is 106 Å². The molecule has 0 aliphatic carbocycles. The molecule has 0 atom stereocenters. The van der Waals surface area contributed by atoms with Crippen LogP contribution in [0.3, 0.4) is 0 Å². The quantitative estimate of drug-likeness (QED) is 0.649. The molecule has 7 nitrogen and oxygen atoms in total. The molecule has 1 amide bonds. The number of nitrogens with one attached hydrogen (secondary N) is 2. The standard InChI is InChI=1S/C11H13N5O2/c12-8-2-1-3-9(4-8)18-6-11(17)13-5-10-14-7-15-16-10/h1-4,7H,5-6,12H2,(H,13,17)(H,14,15,16). The fourth-order valence-electron chi connectivity index (χ4n) is 1.30. The van der Waals surface area contributed by atoms with E-state index in [-0.39, 0.29) is 12.5 Å². The number of hydrogen-bond donors (Lipinski definition) is 3. The average Bonchev–Trinajstić information content (AvgIpc) is 2.87. The monoisotopic (exact) mass is 247 g/mol. The second kappa shape index (κ2) is 5.67. The van der Waals surface area contributed by atoms with E-state index in [1.54, 1.807) is 24.3 Å². The maximum absolute atomic E-state index is 11.5. The first-order valence-electron chi connectivity index (χ1n) is 5.33. The lowest BCUT2D eigenvalue weighted by Gasteiger charge is -2.06. The molecule has 0 unspecified atom stereocenters. The van der Waals surface area contributed by atoms with Gasteiger partial charge in [0.1, 0.15) is 17.9 Å².